The molecule has 164 valence electrons. The highest BCUT2D eigenvalue weighted by atomic mass is 35.5. The molecule has 4 nitrogen and oxygen atoms in total. The van der Waals surface area contributed by atoms with Gasteiger partial charge in [0.05, 0.1) is 16.6 Å². The molecule has 32 heavy (non-hydrogen) atoms. The lowest BCUT2D eigenvalue weighted by Crippen LogP contribution is -2.29. The minimum absolute atomic E-state index is 0.0759. The van der Waals surface area contributed by atoms with Crippen molar-refractivity contribution in [3.05, 3.63) is 100 Å². The molecular formula is C26H25ClN2O2S. The summed E-state index contributed by atoms with van der Waals surface area (Å²) in [6.07, 6.45) is 5.30. The Labute approximate surface area is 194 Å². The number of rotatable bonds is 4. The average molecular weight is 465 g/mol. The van der Waals surface area contributed by atoms with Crippen molar-refractivity contribution < 1.29 is 8.42 Å². The van der Waals surface area contributed by atoms with Crippen molar-refractivity contribution in [3.63, 3.8) is 0 Å². The van der Waals surface area contributed by atoms with Gasteiger partial charge in [-0.3, -0.25) is 4.72 Å². The Bertz CT molecular complexity index is 1330. The predicted octanol–water partition coefficient (Wildman–Crippen LogP) is 6.58. The summed E-state index contributed by atoms with van der Waals surface area (Å²) in [7, 11) is -3.71. The maximum Gasteiger partial charge on any atom is 0.261 e. The molecule has 1 heterocycles. The summed E-state index contributed by atoms with van der Waals surface area (Å²) in [5, 5.41) is 4.38. The molecule has 0 saturated carbocycles. The van der Waals surface area contributed by atoms with E-state index in [0.29, 0.717) is 5.69 Å². The van der Waals surface area contributed by atoms with Crippen molar-refractivity contribution >= 4 is 33.0 Å². The van der Waals surface area contributed by atoms with Crippen molar-refractivity contribution in [2.75, 3.05) is 10.0 Å². The van der Waals surface area contributed by atoms with Crippen molar-refractivity contribution in [2.24, 2.45) is 5.92 Å². The fourth-order valence-electron chi connectivity index (χ4n) is 4.91. The van der Waals surface area contributed by atoms with E-state index in [1.165, 1.54) is 0 Å². The van der Waals surface area contributed by atoms with Crippen LogP contribution in [0.25, 0.3) is 0 Å². The quantitative estimate of drug-likeness (QED) is 0.428. The van der Waals surface area contributed by atoms with E-state index in [1.54, 1.807) is 6.07 Å². The van der Waals surface area contributed by atoms with Gasteiger partial charge in [0.1, 0.15) is 0 Å². The second-order valence-electron chi connectivity index (χ2n) is 8.67. The zero-order chi connectivity index (χ0) is 22.5. The molecule has 0 saturated heterocycles. The summed E-state index contributed by atoms with van der Waals surface area (Å²) < 4.78 is 29.1. The van der Waals surface area contributed by atoms with Gasteiger partial charge in [-0.2, -0.15) is 0 Å². The topological polar surface area (TPSA) is 58.2 Å². The summed E-state index contributed by atoms with van der Waals surface area (Å²) in [6.45, 7) is 3.90. The summed E-state index contributed by atoms with van der Waals surface area (Å²) in [5.41, 5.74) is 5.63. The van der Waals surface area contributed by atoms with E-state index in [0.717, 1.165) is 39.4 Å². The van der Waals surface area contributed by atoms with Crippen LogP contribution >= 0.6 is 11.6 Å². The Morgan fingerprint density at radius 2 is 1.81 bits per heavy atom. The van der Waals surface area contributed by atoms with E-state index in [9.17, 15) is 8.42 Å². The molecule has 0 unspecified atom stereocenters. The Hall–Kier alpha value is -2.76. The van der Waals surface area contributed by atoms with E-state index >= 15 is 0 Å². The minimum atomic E-state index is -3.71. The van der Waals surface area contributed by atoms with Gasteiger partial charge < -0.3 is 5.32 Å². The number of hydrogen-bond acceptors (Lipinski definition) is 3. The van der Waals surface area contributed by atoms with Gasteiger partial charge in [0.2, 0.25) is 0 Å². The van der Waals surface area contributed by atoms with Gasteiger partial charge in [-0.05, 0) is 73.2 Å². The third-order valence-corrected chi connectivity index (χ3v) is 8.22. The van der Waals surface area contributed by atoms with E-state index in [2.05, 4.69) is 28.3 Å². The molecule has 1 aliphatic heterocycles. The van der Waals surface area contributed by atoms with Crippen LogP contribution < -0.4 is 10.0 Å². The number of hydrogen-bond donors (Lipinski definition) is 2. The van der Waals surface area contributed by atoms with Gasteiger partial charge in [0, 0.05) is 16.6 Å². The van der Waals surface area contributed by atoms with Crippen molar-refractivity contribution in [3.8, 4) is 0 Å². The lowest BCUT2D eigenvalue weighted by molar-refractivity contribution is 0.425. The third-order valence-electron chi connectivity index (χ3n) is 6.51. The smallest absolute Gasteiger partial charge is 0.261 e. The molecule has 0 radical (unpaired) electrons. The number of fused-ring (bicyclic) bond motifs is 3. The maximum atomic E-state index is 13.2. The molecule has 0 amide bonds. The predicted molar refractivity (Wildman–Crippen MR) is 131 cm³/mol. The first kappa shape index (κ1) is 21.1. The van der Waals surface area contributed by atoms with Gasteiger partial charge in [-0.25, -0.2) is 8.42 Å². The Balaban J connectivity index is 1.50. The van der Waals surface area contributed by atoms with Gasteiger partial charge >= 0.3 is 0 Å². The van der Waals surface area contributed by atoms with E-state index in [1.807, 2.05) is 62.4 Å². The molecule has 2 N–H and O–H groups in total. The molecule has 0 aromatic heterocycles. The summed E-state index contributed by atoms with van der Waals surface area (Å²) in [4.78, 5) is 0.272. The van der Waals surface area contributed by atoms with E-state index in [-0.39, 0.29) is 22.8 Å². The van der Waals surface area contributed by atoms with Gasteiger partial charge in [-0.15, -0.1) is 0 Å². The Kier molecular flexibility index (Phi) is 5.26. The van der Waals surface area contributed by atoms with Crippen LogP contribution in [0.5, 0.6) is 0 Å². The fraction of sp³-hybridized carbons (Fsp3) is 0.231. The molecule has 2 aliphatic rings. The first-order valence-electron chi connectivity index (χ1n) is 10.7. The second kappa shape index (κ2) is 7.98. The molecule has 3 aromatic carbocycles. The lowest BCUT2D eigenvalue weighted by Gasteiger charge is -2.38. The summed E-state index contributed by atoms with van der Waals surface area (Å²) >= 11 is 6.51. The number of nitrogens with one attached hydrogen (secondary N) is 2. The molecule has 0 spiro atoms. The molecular weight excluding hydrogens is 440 g/mol. The second-order valence-corrected chi connectivity index (χ2v) is 10.8. The highest BCUT2D eigenvalue weighted by Gasteiger charge is 2.39. The third kappa shape index (κ3) is 3.70. The summed E-state index contributed by atoms with van der Waals surface area (Å²) in [5.74, 6) is 0.427. The molecule has 5 rings (SSSR count). The fourth-order valence-corrected chi connectivity index (χ4v) is 6.33. The van der Waals surface area contributed by atoms with Gasteiger partial charge in [0.15, 0.2) is 0 Å². The Morgan fingerprint density at radius 1 is 1.00 bits per heavy atom. The van der Waals surface area contributed by atoms with Gasteiger partial charge in [0.25, 0.3) is 10.0 Å². The van der Waals surface area contributed by atoms with Crippen LogP contribution in [-0.4, -0.2) is 8.42 Å². The highest BCUT2D eigenvalue weighted by molar-refractivity contribution is 7.92. The van der Waals surface area contributed by atoms with Crippen molar-refractivity contribution in [2.45, 2.75) is 37.1 Å². The standard InChI is InChI=1S/C26H25ClN2O2S/c1-16-10-12-24(17(2)14-16)29-32(30,31)18-11-13-25-22(15-18)19-7-5-8-20(19)26(28-25)21-6-3-4-9-23(21)27/h3-7,9-15,19-20,26,28-29H,8H2,1-2H3/t19-,20+,26-/m0/s1. The number of halogens is 1. The average Bonchev–Trinajstić information content (AvgIpc) is 3.26. The molecule has 3 aromatic rings. The SMILES string of the molecule is Cc1ccc(NS(=O)(=O)c2ccc3c(c2)[C@H]2C=CC[C@H]2[C@@H](c2ccccc2Cl)N3)c(C)c1. The van der Waals surface area contributed by atoms with Crippen LogP contribution in [0.15, 0.2) is 77.7 Å². The van der Waals surface area contributed by atoms with Crippen LogP contribution in [0.3, 0.4) is 0 Å². The van der Waals surface area contributed by atoms with Gasteiger partial charge in [-0.1, -0.05) is 59.6 Å². The van der Waals surface area contributed by atoms with Crippen molar-refractivity contribution in [1.82, 2.24) is 0 Å². The van der Waals surface area contributed by atoms with E-state index in [4.69, 9.17) is 11.6 Å². The largest absolute Gasteiger partial charge is 0.378 e. The lowest BCUT2D eigenvalue weighted by atomic mass is 9.77. The number of allylic oxidation sites excluding steroid dienone is 2. The van der Waals surface area contributed by atoms with Crippen molar-refractivity contribution in [1.29, 1.82) is 0 Å². The minimum Gasteiger partial charge on any atom is -0.378 e. The molecule has 3 atom stereocenters. The number of anilines is 2. The zero-order valence-corrected chi connectivity index (χ0v) is 19.5. The normalized spacial score (nSPS) is 21.5. The first-order chi connectivity index (χ1) is 15.3. The number of aryl methyl sites for hydroxylation is 2. The first-order valence-corrected chi connectivity index (χ1v) is 12.6. The number of benzene rings is 3. The molecule has 0 bridgehead atoms. The molecule has 1 aliphatic carbocycles. The van der Waals surface area contributed by atoms with Crippen LogP contribution in [0, 0.1) is 19.8 Å². The molecule has 6 heteroatoms. The van der Waals surface area contributed by atoms with E-state index < -0.39 is 10.0 Å². The summed E-state index contributed by atoms with van der Waals surface area (Å²) in [6, 6.07) is 19.0. The van der Waals surface area contributed by atoms with Crippen LogP contribution in [0.1, 0.15) is 40.6 Å². The monoisotopic (exact) mass is 464 g/mol. The Morgan fingerprint density at radius 3 is 2.59 bits per heavy atom. The van der Waals surface area contributed by atoms with Crippen LogP contribution in [-0.2, 0) is 10.0 Å². The molecule has 0 fully saturated rings. The highest BCUT2D eigenvalue weighted by Crippen LogP contribution is 2.51. The zero-order valence-electron chi connectivity index (χ0n) is 18.0. The number of sulfonamides is 1. The van der Waals surface area contributed by atoms with Crippen LogP contribution in [0.2, 0.25) is 5.02 Å². The van der Waals surface area contributed by atoms with Crippen LogP contribution in [0.4, 0.5) is 11.4 Å². The maximum absolute atomic E-state index is 13.2.